The Kier molecular flexibility index (Phi) is 9.74. The van der Waals surface area contributed by atoms with Crippen molar-refractivity contribution in [3.05, 3.63) is 80.4 Å². The predicted molar refractivity (Wildman–Crippen MR) is 201 cm³/mol. The first-order valence-electron chi connectivity index (χ1n) is 17.4. The molecule has 3 rings (SSSR count). The largest absolute Gasteiger partial charge is 0.456 e. The average molecular weight is 641 g/mol. The summed E-state index contributed by atoms with van der Waals surface area (Å²) in [5.74, 6) is 1.98. The summed E-state index contributed by atoms with van der Waals surface area (Å²) in [6.07, 6.45) is 8.45. The number of Topliss-reactive ketones (excluding diaryl/α,β-unsaturated/α-hetero) is 2. The normalized spacial score (nSPS) is 17.4. The molecule has 0 amide bonds. The maximum Gasteiger partial charge on any atom is 0.186 e. The van der Waals surface area contributed by atoms with Gasteiger partial charge in [-0.3, -0.25) is 9.59 Å². The van der Waals surface area contributed by atoms with Crippen molar-refractivity contribution in [1.29, 1.82) is 0 Å². The molecule has 0 saturated heterocycles. The van der Waals surface area contributed by atoms with Crippen LogP contribution >= 0.6 is 0 Å². The van der Waals surface area contributed by atoms with Gasteiger partial charge in [-0.25, -0.2) is 0 Å². The zero-order chi connectivity index (χ0) is 36.6. The van der Waals surface area contributed by atoms with E-state index in [1.807, 2.05) is 0 Å². The molecule has 0 spiro atoms. The molecule has 0 atom stereocenters. The fraction of sp³-hybridized carbons (Fsp3) is 0.591. The van der Waals surface area contributed by atoms with Crippen molar-refractivity contribution in [2.24, 2.45) is 32.5 Å². The molecule has 258 valence electrons. The Morgan fingerprint density at radius 3 is 0.809 bits per heavy atom. The summed E-state index contributed by atoms with van der Waals surface area (Å²) in [4.78, 5) is 27.7. The molecule has 0 unspecified atom stereocenters. The minimum Gasteiger partial charge on any atom is -0.456 e. The van der Waals surface area contributed by atoms with Crippen LogP contribution in [0, 0.1) is 46.3 Å². The topological polar surface area (TPSA) is 47.3 Å². The van der Waals surface area contributed by atoms with E-state index in [2.05, 4.69) is 163 Å². The second-order valence-corrected chi connectivity index (χ2v) is 20.1. The number of rotatable bonds is 2. The molecule has 0 aliphatic heterocycles. The lowest BCUT2D eigenvalue weighted by molar-refractivity contribution is -0.114. The smallest absolute Gasteiger partial charge is 0.186 e. The molecule has 0 saturated carbocycles. The summed E-state index contributed by atoms with van der Waals surface area (Å²) >= 11 is 0. The zero-order valence-corrected chi connectivity index (χ0v) is 33.5. The van der Waals surface area contributed by atoms with E-state index >= 15 is 0 Å². The standard InChI is InChI=1S/C44H64O3/c1-25-26(2)38(34(44(18,19)20)28-23-31(41(9,10)11)36(46)32(24-28)42(12,13)14)47-37(25)33(43(15,16)17)27-21-29(39(3,4)5)35(45)30(22-27)40(6,7)8/h21-24H,1-20H3. The third-order valence-electron chi connectivity index (χ3n) is 9.39. The first-order chi connectivity index (χ1) is 20.8. The van der Waals surface area contributed by atoms with Crippen LogP contribution in [0.25, 0.3) is 11.1 Å². The molecule has 2 aliphatic rings. The molecular weight excluding hydrogens is 576 g/mol. The lowest BCUT2D eigenvalue weighted by atomic mass is 9.69. The Morgan fingerprint density at radius 1 is 0.426 bits per heavy atom. The molecule has 1 aromatic heterocycles. The summed E-state index contributed by atoms with van der Waals surface area (Å²) in [5, 5.41) is 0. The van der Waals surface area contributed by atoms with E-state index in [1.165, 1.54) is 0 Å². The van der Waals surface area contributed by atoms with E-state index in [4.69, 9.17) is 4.42 Å². The third kappa shape index (κ3) is 7.71. The number of ketones is 2. The van der Waals surface area contributed by atoms with Gasteiger partial charge in [-0.2, -0.15) is 0 Å². The highest BCUT2D eigenvalue weighted by Gasteiger charge is 2.39. The number of hydrogen-bond acceptors (Lipinski definition) is 3. The van der Waals surface area contributed by atoms with Gasteiger partial charge >= 0.3 is 0 Å². The fourth-order valence-corrected chi connectivity index (χ4v) is 6.66. The van der Waals surface area contributed by atoms with Crippen LogP contribution in [0.4, 0.5) is 0 Å². The van der Waals surface area contributed by atoms with Crippen molar-refractivity contribution in [3.8, 4) is 0 Å². The average Bonchev–Trinajstić information content (AvgIpc) is 3.10. The van der Waals surface area contributed by atoms with E-state index in [0.717, 1.165) is 67.2 Å². The van der Waals surface area contributed by atoms with E-state index in [-0.39, 0.29) is 44.1 Å². The van der Waals surface area contributed by atoms with E-state index < -0.39 is 0 Å². The van der Waals surface area contributed by atoms with Gasteiger partial charge in [0.05, 0.1) is 0 Å². The van der Waals surface area contributed by atoms with Crippen molar-refractivity contribution in [3.63, 3.8) is 0 Å². The molecule has 1 aromatic rings. The highest BCUT2D eigenvalue weighted by atomic mass is 16.3. The molecule has 0 radical (unpaired) electrons. The Balaban J connectivity index is 2.57. The Labute approximate surface area is 287 Å². The maximum absolute atomic E-state index is 13.9. The van der Waals surface area contributed by atoms with Gasteiger partial charge in [0.25, 0.3) is 0 Å². The maximum atomic E-state index is 13.9. The molecule has 0 aromatic carbocycles. The molecule has 0 N–H and O–H groups in total. The van der Waals surface area contributed by atoms with Gasteiger partial charge in [0.15, 0.2) is 11.6 Å². The number of carbonyl (C=O) groups is 2. The van der Waals surface area contributed by atoms with Gasteiger partial charge in [0.2, 0.25) is 0 Å². The first-order valence-corrected chi connectivity index (χ1v) is 17.4. The number of furan rings is 1. The van der Waals surface area contributed by atoms with Crippen LogP contribution in [0.3, 0.4) is 0 Å². The van der Waals surface area contributed by atoms with Crippen molar-refractivity contribution in [1.82, 2.24) is 0 Å². The molecule has 0 fully saturated rings. The van der Waals surface area contributed by atoms with Crippen molar-refractivity contribution < 1.29 is 14.0 Å². The van der Waals surface area contributed by atoms with Crippen LogP contribution in [-0.2, 0) is 9.59 Å². The fourth-order valence-electron chi connectivity index (χ4n) is 6.66. The van der Waals surface area contributed by atoms with Gasteiger partial charge in [-0.15, -0.1) is 0 Å². The molecule has 3 nitrogen and oxygen atoms in total. The molecule has 47 heavy (non-hydrogen) atoms. The molecule has 0 bridgehead atoms. The second-order valence-electron chi connectivity index (χ2n) is 20.1. The van der Waals surface area contributed by atoms with Crippen LogP contribution in [0.1, 0.15) is 147 Å². The lowest BCUT2D eigenvalue weighted by Crippen LogP contribution is -2.28. The van der Waals surface area contributed by atoms with Gasteiger partial charge < -0.3 is 4.42 Å². The van der Waals surface area contributed by atoms with Crippen molar-refractivity contribution >= 4 is 22.7 Å². The SMILES string of the molecule is Cc1c(C(=C2C=C(C(C)(C)C)C(=O)C(C(C)(C)C)=C2)C(C)(C)C)oc(C(=C2C=C(C(C)(C)C)C(=O)C(C(C)(C)C)=C2)C(C)(C)C)c1C. The second kappa shape index (κ2) is 11.9. The van der Waals surface area contributed by atoms with Crippen molar-refractivity contribution in [2.75, 3.05) is 0 Å². The van der Waals surface area contributed by atoms with E-state index in [9.17, 15) is 9.59 Å². The number of hydrogen-bond donors (Lipinski definition) is 0. The molecular formula is C44H64O3. The zero-order valence-electron chi connectivity index (χ0n) is 33.5. The lowest BCUT2D eigenvalue weighted by Gasteiger charge is -2.34. The quantitative estimate of drug-likeness (QED) is 0.323. The van der Waals surface area contributed by atoms with Gasteiger partial charge in [0.1, 0.15) is 11.5 Å². The summed E-state index contributed by atoms with van der Waals surface area (Å²) in [6.45, 7) is 43.1. The monoisotopic (exact) mass is 640 g/mol. The van der Waals surface area contributed by atoms with Crippen LogP contribution in [0.15, 0.2) is 62.2 Å². The Morgan fingerprint density at radius 2 is 0.638 bits per heavy atom. The summed E-state index contributed by atoms with van der Waals surface area (Å²) in [6, 6.07) is 0. The molecule has 1 heterocycles. The number of allylic oxidation sites excluding steroid dienone is 12. The Hall–Kier alpha value is -2.94. The minimum absolute atomic E-state index is 0.129. The first kappa shape index (κ1) is 38.5. The van der Waals surface area contributed by atoms with Gasteiger partial charge in [-0.05, 0) is 92.9 Å². The van der Waals surface area contributed by atoms with Crippen LogP contribution in [-0.4, -0.2) is 11.6 Å². The summed E-state index contributed by atoms with van der Waals surface area (Å²) < 4.78 is 7.16. The van der Waals surface area contributed by atoms with Crippen LogP contribution < -0.4 is 0 Å². The highest BCUT2D eigenvalue weighted by Crippen LogP contribution is 2.50. The number of carbonyl (C=O) groups excluding carboxylic acids is 2. The van der Waals surface area contributed by atoms with E-state index in [1.54, 1.807) is 0 Å². The van der Waals surface area contributed by atoms with Crippen LogP contribution in [0.2, 0.25) is 0 Å². The van der Waals surface area contributed by atoms with Gasteiger partial charge in [0, 0.05) is 33.4 Å². The minimum atomic E-state index is -0.314. The predicted octanol–water partition coefficient (Wildman–Crippen LogP) is 12.6. The molecule has 3 heteroatoms. The summed E-state index contributed by atoms with van der Waals surface area (Å²) in [5.41, 5.74) is 7.93. The van der Waals surface area contributed by atoms with E-state index in [0.29, 0.717) is 0 Å². The Bertz CT molecular complexity index is 1470. The third-order valence-corrected chi connectivity index (χ3v) is 9.39. The molecule has 2 aliphatic carbocycles. The van der Waals surface area contributed by atoms with Crippen molar-refractivity contribution in [2.45, 2.75) is 138 Å². The highest BCUT2D eigenvalue weighted by molar-refractivity contribution is 6.13. The van der Waals surface area contributed by atoms with Crippen LogP contribution in [0.5, 0.6) is 0 Å². The summed E-state index contributed by atoms with van der Waals surface area (Å²) in [7, 11) is 0. The van der Waals surface area contributed by atoms with Gasteiger partial charge in [-0.1, -0.05) is 125 Å².